The van der Waals surface area contributed by atoms with Crippen LogP contribution in [-0.4, -0.2) is 45.1 Å². The van der Waals surface area contributed by atoms with Gasteiger partial charge in [-0.3, -0.25) is 9.59 Å². The van der Waals surface area contributed by atoms with Crippen LogP contribution >= 0.6 is 0 Å². The van der Waals surface area contributed by atoms with Crippen molar-refractivity contribution in [2.75, 3.05) is 13.2 Å². The largest absolute Gasteiger partial charge is 0.394 e. The summed E-state index contributed by atoms with van der Waals surface area (Å²) in [6.07, 6.45) is 2.46. The number of carbonyl (C=O) groups is 1. The molecule has 6 nitrogen and oxygen atoms in total. The monoisotopic (exact) mass is 279 g/mol. The highest BCUT2D eigenvalue weighted by atomic mass is 16.3. The smallest absolute Gasteiger partial charge is 0.254 e. The average Bonchev–Trinajstić information content (AvgIpc) is 2.85. The third-order valence-electron chi connectivity index (χ3n) is 3.84. The standard InChI is InChI=1S/C14H21N3O3/c1-9-12(14(20)16-10(2)15-9)5-6-13(19)17-7-3-4-11(17)8-18/h11,18H,3-8H2,1-2H3,(H,15,16,20). The first kappa shape index (κ1) is 14.7. The lowest BCUT2D eigenvalue weighted by Gasteiger charge is -2.23. The van der Waals surface area contributed by atoms with Crippen molar-refractivity contribution in [2.45, 2.75) is 45.6 Å². The molecular formula is C14H21N3O3. The lowest BCUT2D eigenvalue weighted by Crippen LogP contribution is -2.38. The molecule has 0 spiro atoms. The fraction of sp³-hybridized carbons (Fsp3) is 0.643. The average molecular weight is 279 g/mol. The van der Waals surface area contributed by atoms with Crippen LogP contribution in [-0.2, 0) is 11.2 Å². The van der Waals surface area contributed by atoms with E-state index in [0.717, 1.165) is 12.8 Å². The molecule has 0 aromatic carbocycles. The van der Waals surface area contributed by atoms with Gasteiger partial charge < -0.3 is 15.0 Å². The second-order valence-corrected chi connectivity index (χ2v) is 5.28. The number of aryl methyl sites for hydroxylation is 2. The Bertz CT molecular complexity index is 553. The van der Waals surface area contributed by atoms with E-state index in [1.807, 2.05) is 0 Å². The number of nitrogens with zero attached hydrogens (tertiary/aromatic N) is 2. The number of aliphatic hydroxyl groups is 1. The SMILES string of the molecule is Cc1nc(C)c(CCC(=O)N2CCCC2CO)c(=O)[nH]1. The minimum absolute atomic E-state index is 0.000856. The third-order valence-corrected chi connectivity index (χ3v) is 3.84. The maximum Gasteiger partial charge on any atom is 0.254 e. The highest BCUT2D eigenvalue weighted by Crippen LogP contribution is 2.18. The number of amides is 1. The van der Waals surface area contributed by atoms with Gasteiger partial charge in [-0.2, -0.15) is 0 Å². The molecule has 1 unspecified atom stereocenters. The first-order valence-corrected chi connectivity index (χ1v) is 6.99. The predicted octanol–water partition coefficient (Wildman–Crippen LogP) is 0.303. The van der Waals surface area contributed by atoms with Crippen molar-refractivity contribution in [1.82, 2.24) is 14.9 Å². The van der Waals surface area contributed by atoms with E-state index in [-0.39, 0.29) is 30.5 Å². The van der Waals surface area contributed by atoms with Gasteiger partial charge in [0.2, 0.25) is 5.91 Å². The van der Waals surface area contributed by atoms with Crippen LogP contribution in [0.2, 0.25) is 0 Å². The summed E-state index contributed by atoms with van der Waals surface area (Å²) in [4.78, 5) is 32.6. The van der Waals surface area contributed by atoms with Gasteiger partial charge in [-0.1, -0.05) is 0 Å². The number of aromatic amines is 1. The van der Waals surface area contributed by atoms with E-state index in [1.54, 1.807) is 18.7 Å². The van der Waals surface area contributed by atoms with Gasteiger partial charge in [0.1, 0.15) is 5.82 Å². The van der Waals surface area contributed by atoms with Crippen LogP contribution in [0.15, 0.2) is 4.79 Å². The predicted molar refractivity (Wildman–Crippen MR) is 74.5 cm³/mol. The molecule has 1 aliphatic heterocycles. The molecule has 2 rings (SSSR count). The van der Waals surface area contributed by atoms with Gasteiger partial charge in [0.05, 0.1) is 12.6 Å². The second kappa shape index (κ2) is 6.17. The van der Waals surface area contributed by atoms with E-state index in [4.69, 9.17) is 0 Å². The number of likely N-dealkylation sites (tertiary alicyclic amines) is 1. The molecule has 6 heteroatoms. The summed E-state index contributed by atoms with van der Waals surface area (Å²) >= 11 is 0. The molecule has 0 saturated carbocycles. The zero-order valence-corrected chi connectivity index (χ0v) is 12.0. The summed E-state index contributed by atoms with van der Waals surface area (Å²) in [5, 5.41) is 9.23. The van der Waals surface area contributed by atoms with E-state index in [1.165, 1.54) is 0 Å². The topological polar surface area (TPSA) is 86.3 Å². The number of rotatable bonds is 4. The number of carbonyl (C=O) groups excluding carboxylic acids is 1. The van der Waals surface area contributed by atoms with Crippen molar-refractivity contribution in [3.05, 3.63) is 27.4 Å². The van der Waals surface area contributed by atoms with Crippen molar-refractivity contribution in [3.8, 4) is 0 Å². The van der Waals surface area contributed by atoms with Crippen molar-refractivity contribution in [3.63, 3.8) is 0 Å². The van der Waals surface area contributed by atoms with Crippen LogP contribution < -0.4 is 5.56 Å². The van der Waals surface area contributed by atoms with Crippen molar-refractivity contribution < 1.29 is 9.90 Å². The zero-order chi connectivity index (χ0) is 14.7. The third kappa shape index (κ3) is 3.07. The lowest BCUT2D eigenvalue weighted by atomic mass is 10.1. The van der Waals surface area contributed by atoms with Gasteiger partial charge in [0.15, 0.2) is 0 Å². The lowest BCUT2D eigenvalue weighted by molar-refractivity contribution is -0.132. The normalized spacial score (nSPS) is 18.6. The van der Waals surface area contributed by atoms with Crippen molar-refractivity contribution >= 4 is 5.91 Å². The van der Waals surface area contributed by atoms with E-state index in [9.17, 15) is 14.7 Å². The van der Waals surface area contributed by atoms with Gasteiger partial charge in [-0.05, 0) is 33.1 Å². The van der Waals surface area contributed by atoms with E-state index < -0.39 is 0 Å². The highest BCUT2D eigenvalue weighted by molar-refractivity contribution is 5.77. The summed E-state index contributed by atoms with van der Waals surface area (Å²) in [5.74, 6) is 0.586. The van der Waals surface area contributed by atoms with Crippen LogP contribution in [0.5, 0.6) is 0 Å². The molecule has 20 heavy (non-hydrogen) atoms. The minimum Gasteiger partial charge on any atom is -0.394 e. The number of hydrogen-bond acceptors (Lipinski definition) is 4. The van der Waals surface area contributed by atoms with Gasteiger partial charge in [0.25, 0.3) is 5.56 Å². The summed E-state index contributed by atoms with van der Waals surface area (Å²) in [5.41, 5.74) is 1.09. The molecule has 1 aromatic heterocycles. The number of aromatic nitrogens is 2. The number of aliphatic hydroxyl groups excluding tert-OH is 1. The van der Waals surface area contributed by atoms with Gasteiger partial charge in [0, 0.05) is 24.2 Å². The Morgan fingerprint density at radius 2 is 2.25 bits per heavy atom. The summed E-state index contributed by atoms with van der Waals surface area (Å²) in [7, 11) is 0. The molecule has 1 atom stereocenters. The van der Waals surface area contributed by atoms with Gasteiger partial charge in [-0.15, -0.1) is 0 Å². The second-order valence-electron chi connectivity index (χ2n) is 5.28. The maximum atomic E-state index is 12.2. The van der Waals surface area contributed by atoms with Gasteiger partial charge in [-0.25, -0.2) is 4.98 Å². The molecule has 110 valence electrons. The van der Waals surface area contributed by atoms with E-state index >= 15 is 0 Å². The summed E-state index contributed by atoms with van der Waals surface area (Å²) < 4.78 is 0. The first-order chi connectivity index (χ1) is 9.52. The fourth-order valence-corrected chi connectivity index (χ4v) is 2.77. The summed E-state index contributed by atoms with van der Waals surface area (Å²) in [6, 6.07) is -0.0574. The Kier molecular flexibility index (Phi) is 4.54. The molecular weight excluding hydrogens is 258 g/mol. The Balaban J connectivity index is 2.02. The molecule has 0 aliphatic carbocycles. The molecule has 1 saturated heterocycles. The Morgan fingerprint density at radius 3 is 2.90 bits per heavy atom. The summed E-state index contributed by atoms with van der Waals surface area (Å²) in [6.45, 7) is 4.23. The Hall–Kier alpha value is -1.69. The van der Waals surface area contributed by atoms with Crippen LogP contribution in [0.4, 0.5) is 0 Å². The molecule has 1 amide bonds. The van der Waals surface area contributed by atoms with Crippen LogP contribution in [0.1, 0.15) is 36.3 Å². The molecule has 0 bridgehead atoms. The fourth-order valence-electron chi connectivity index (χ4n) is 2.77. The van der Waals surface area contributed by atoms with Gasteiger partial charge >= 0.3 is 0 Å². The zero-order valence-electron chi connectivity index (χ0n) is 12.0. The van der Waals surface area contributed by atoms with Crippen LogP contribution in [0.25, 0.3) is 0 Å². The quantitative estimate of drug-likeness (QED) is 0.830. The number of hydrogen-bond donors (Lipinski definition) is 2. The minimum atomic E-state index is -0.164. The Labute approximate surface area is 117 Å². The van der Waals surface area contributed by atoms with E-state index in [2.05, 4.69) is 9.97 Å². The first-order valence-electron chi connectivity index (χ1n) is 6.99. The molecule has 1 aliphatic rings. The highest BCUT2D eigenvalue weighted by Gasteiger charge is 2.27. The molecule has 1 aromatic rings. The number of nitrogens with one attached hydrogen (secondary N) is 1. The molecule has 0 radical (unpaired) electrons. The van der Waals surface area contributed by atoms with Crippen LogP contribution in [0.3, 0.4) is 0 Å². The maximum absolute atomic E-state index is 12.2. The van der Waals surface area contributed by atoms with E-state index in [0.29, 0.717) is 30.0 Å². The Morgan fingerprint density at radius 1 is 1.50 bits per heavy atom. The van der Waals surface area contributed by atoms with Crippen molar-refractivity contribution in [2.24, 2.45) is 0 Å². The molecule has 2 heterocycles. The number of H-pyrrole nitrogens is 1. The molecule has 2 N–H and O–H groups in total. The van der Waals surface area contributed by atoms with Crippen molar-refractivity contribution in [1.29, 1.82) is 0 Å². The molecule has 1 fully saturated rings. The van der Waals surface area contributed by atoms with Crippen LogP contribution in [0, 0.1) is 13.8 Å².